The minimum absolute atomic E-state index is 0.00157. The van der Waals surface area contributed by atoms with Gasteiger partial charge >= 0.3 is 5.82 Å². The van der Waals surface area contributed by atoms with Gasteiger partial charge in [0.15, 0.2) is 11.9 Å². The zero-order valence-corrected chi connectivity index (χ0v) is 8.11. The van der Waals surface area contributed by atoms with Gasteiger partial charge in [-0.15, -0.1) is 0 Å². The highest BCUT2D eigenvalue weighted by atomic mass is 79.9. The second kappa shape index (κ2) is 3.56. The van der Waals surface area contributed by atoms with E-state index in [4.69, 9.17) is 4.74 Å². The molecule has 1 N–H and O–H groups in total. The van der Waals surface area contributed by atoms with E-state index in [0.29, 0.717) is 4.47 Å². The molecule has 70 valence electrons. The Hall–Kier alpha value is -1.37. The highest BCUT2D eigenvalue weighted by Crippen LogP contribution is 2.38. The highest BCUT2D eigenvalue weighted by molar-refractivity contribution is 9.10. The zero-order chi connectivity index (χ0) is 10.0. The maximum atomic E-state index is 10.3. The van der Waals surface area contributed by atoms with Crippen molar-refractivity contribution < 1.29 is 14.8 Å². The lowest BCUT2D eigenvalue weighted by molar-refractivity contribution is -0.390. The van der Waals surface area contributed by atoms with Crippen LogP contribution in [0.5, 0.6) is 11.5 Å². The minimum atomic E-state index is -0.787. The predicted octanol–water partition coefficient (Wildman–Crippen LogP) is 1.47. The first-order valence-corrected chi connectivity index (χ1v) is 3.93. The number of aromatic nitrogens is 1. The molecule has 1 aromatic rings. The summed E-state index contributed by atoms with van der Waals surface area (Å²) in [6, 6.07) is 0. The van der Waals surface area contributed by atoms with Crippen LogP contribution in [-0.2, 0) is 0 Å². The summed E-state index contributed by atoms with van der Waals surface area (Å²) in [6.45, 7) is 0. The lowest BCUT2D eigenvalue weighted by atomic mass is 10.4. The maximum Gasteiger partial charge on any atom is 0.410 e. The molecule has 13 heavy (non-hydrogen) atoms. The summed E-state index contributed by atoms with van der Waals surface area (Å²) in [5.41, 5.74) is 0. The zero-order valence-electron chi connectivity index (χ0n) is 6.52. The van der Waals surface area contributed by atoms with E-state index in [-0.39, 0.29) is 5.75 Å². The van der Waals surface area contributed by atoms with Crippen LogP contribution in [0.15, 0.2) is 10.7 Å². The SMILES string of the molecule is COc1c(Br)cnc([N+](=O)[O-])c1O. The molecule has 1 heterocycles. The van der Waals surface area contributed by atoms with Crippen molar-refractivity contribution in [3.63, 3.8) is 0 Å². The molecule has 0 aliphatic rings. The molecule has 0 amide bonds. The molecule has 0 saturated carbocycles. The van der Waals surface area contributed by atoms with Gasteiger partial charge in [-0.2, -0.15) is 0 Å². The molecule has 0 spiro atoms. The number of pyridine rings is 1. The fraction of sp³-hybridized carbons (Fsp3) is 0.167. The number of hydrogen-bond acceptors (Lipinski definition) is 5. The van der Waals surface area contributed by atoms with E-state index in [1.54, 1.807) is 0 Å². The van der Waals surface area contributed by atoms with E-state index in [0.717, 1.165) is 0 Å². The Bertz CT molecular complexity index is 355. The maximum absolute atomic E-state index is 10.3. The molecular formula is C6H5BrN2O4. The van der Waals surface area contributed by atoms with Crippen LogP contribution in [0.1, 0.15) is 0 Å². The van der Waals surface area contributed by atoms with Gasteiger partial charge in [0.05, 0.1) is 7.11 Å². The fourth-order valence-electron chi connectivity index (χ4n) is 0.780. The molecule has 0 radical (unpaired) electrons. The average Bonchev–Trinajstić information content (AvgIpc) is 2.04. The average molecular weight is 249 g/mol. The number of ether oxygens (including phenoxy) is 1. The number of aromatic hydroxyl groups is 1. The van der Waals surface area contributed by atoms with E-state index in [2.05, 4.69) is 20.9 Å². The molecule has 0 unspecified atom stereocenters. The first-order chi connectivity index (χ1) is 6.07. The molecule has 0 aromatic carbocycles. The van der Waals surface area contributed by atoms with Gasteiger partial charge in [0.2, 0.25) is 0 Å². The van der Waals surface area contributed by atoms with Crippen molar-refractivity contribution in [1.29, 1.82) is 0 Å². The van der Waals surface area contributed by atoms with Crippen LogP contribution in [0.3, 0.4) is 0 Å². The number of halogens is 1. The standard InChI is InChI=1S/C6H5BrN2O4/c1-13-5-3(7)2-8-6(4(5)10)9(11)12/h2,10H,1H3. The van der Waals surface area contributed by atoms with Crippen molar-refractivity contribution in [2.45, 2.75) is 0 Å². The lowest BCUT2D eigenvalue weighted by Gasteiger charge is -2.03. The van der Waals surface area contributed by atoms with E-state index >= 15 is 0 Å². The van der Waals surface area contributed by atoms with Crippen LogP contribution in [0.4, 0.5) is 5.82 Å². The van der Waals surface area contributed by atoms with Crippen LogP contribution in [0.2, 0.25) is 0 Å². The Morgan fingerprint density at radius 2 is 2.38 bits per heavy atom. The van der Waals surface area contributed by atoms with Crippen LogP contribution < -0.4 is 4.74 Å². The van der Waals surface area contributed by atoms with E-state index in [1.807, 2.05) is 0 Å². The Labute approximate surface area is 81.4 Å². The summed E-state index contributed by atoms with van der Waals surface area (Å²) >= 11 is 3.02. The summed E-state index contributed by atoms with van der Waals surface area (Å²) in [4.78, 5) is 12.9. The highest BCUT2D eigenvalue weighted by Gasteiger charge is 2.22. The third-order valence-corrected chi connectivity index (χ3v) is 1.89. The number of nitro groups is 1. The van der Waals surface area contributed by atoms with Gasteiger partial charge in [0, 0.05) is 0 Å². The molecule has 7 heteroatoms. The summed E-state index contributed by atoms with van der Waals surface area (Å²) in [7, 11) is 1.30. The van der Waals surface area contributed by atoms with E-state index in [9.17, 15) is 15.2 Å². The van der Waals surface area contributed by atoms with Gasteiger partial charge < -0.3 is 20.0 Å². The second-order valence-electron chi connectivity index (χ2n) is 2.07. The Balaban J connectivity index is 3.35. The molecule has 1 aromatic heterocycles. The van der Waals surface area contributed by atoms with Crippen molar-refractivity contribution in [2.75, 3.05) is 7.11 Å². The predicted molar refractivity (Wildman–Crippen MR) is 46.8 cm³/mol. The molecule has 0 fully saturated rings. The van der Waals surface area contributed by atoms with Crippen LogP contribution in [0, 0.1) is 10.1 Å². The van der Waals surface area contributed by atoms with Crippen LogP contribution in [-0.4, -0.2) is 22.1 Å². The van der Waals surface area contributed by atoms with E-state index in [1.165, 1.54) is 13.3 Å². The van der Waals surface area contributed by atoms with E-state index < -0.39 is 16.5 Å². The number of nitrogens with zero attached hydrogens (tertiary/aromatic N) is 2. The van der Waals surface area contributed by atoms with Gasteiger partial charge in [0.25, 0.3) is 5.75 Å². The number of hydrogen-bond donors (Lipinski definition) is 1. The molecule has 0 saturated heterocycles. The molecule has 6 nitrogen and oxygen atoms in total. The molecule has 0 aliphatic carbocycles. The molecule has 1 rings (SSSR count). The third-order valence-electron chi connectivity index (χ3n) is 1.32. The van der Waals surface area contributed by atoms with Crippen LogP contribution >= 0.6 is 15.9 Å². The van der Waals surface area contributed by atoms with Crippen molar-refractivity contribution in [2.24, 2.45) is 0 Å². The Morgan fingerprint density at radius 3 is 2.85 bits per heavy atom. The summed E-state index contributed by atoms with van der Waals surface area (Å²) in [5.74, 6) is -1.20. The number of methoxy groups -OCH3 is 1. The first-order valence-electron chi connectivity index (χ1n) is 3.13. The molecule has 0 atom stereocenters. The minimum Gasteiger partial charge on any atom is -0.498 e. The van der Waals surface area contributed by atoms with Crippen molar-refractivity contribution in [3.8, 4) is 11.5 Å². The largest absolute Gasteiger partial charge is 0.498 e. The molecule has 0 bridgehead atoms. The normalized spacial score (nSPS) is 9.69. The van der Waals surface area contributed by atoms with Gasteiger partial charge in [0.1, 0.15) is 4.47 Å². The second-order valence-corrected chi connectivity index (χ2v) is 2.92. The topological polar surface area (TPSA) is 85.5 Å². The fourth-order valence-corrected chi connectivity index (χ4v) is 1.23. The quantitative estimate of drug-likeness (QED) is 0.633. The van der Waals surface area contributed by atoms with Crippen molar-refractivity contribution in [3.05, 3.63) is 20.8 Å². The number of rotatable bonds is 2. The first kappa shape index (κ1) is 9.72. The Morgan fingerprint density at radius 1 is 1.77 bits per heavy atom. The molecule has 0 aliphatic heterocycles. The van der Waals surface area contributed by atoms with Gasteiger partial charge in [-0.25, -0.2) is 0 Å². The summed E-state index contributed by atoms with van der Waals surface area (Å²) in [6.07, 6.45) is 1.19. The smallest absolute Gasteiger partial charge is 0.410 e. The molecular weight excluding hydrogens is 244 g/mol. The summed E-state index contributed by atoms with van der Waals surface area (Å²) in [5, 5.41) is 19.6. The van der Waals surface area contributed by atoms with Crippen molar-refractivity contribution >= 4 is 21.7 Å². The summed E-state index contributed by atoms with van der Waals surface area (Å²) < 4.78 is 5.08. The van der Waals surface area contributed by atoms with Gasteiger partial charge in [-0.05, 0) is 25.8 Å². The Kier molecular flexibility index (Phi) is 2.66. The van der Waals surface area contributed by atoms with Gasteiger partial charge in [-0.3, -0.25) is 0 Å². The van der Waals surface area contributed by atoms with Crippen molar-refractivity contribution in [1.82, 2.24) is 4.98 Å². The lowest BCUT2D eigenvalue weighted by Crippen LogP contribution is -1.95. The monoisotopic (exact) mass is 248 g/mol. The van der Waals surface area contributed by atoms with Crippen LogP contribution in [0.25, 0.3) is 0 Å². The third kappa shape index (κ3) is 1.69. The van der Waals surface area contributed by atoms with Gasteiger partial charge in [-0.1, -0.05) is 0 Å².